The smallest absolute Gasteiger partial charge is 0.303 e. The van der Waals surface area contributed by atoms with Crippen molar-refractivity contribution in [1.29, 1.82) is 0 Å². The van der Waals surface area contributed by atoms with Crippen LogP contribution in [0.3, 0.4) is 0 Å². The first-order valence-electron chi connectivity index (χ1n) is 0.783. The van der Waals surface area contributed by atoms with Crippen LogP contribution in [-0.2, 0) is 4.57 Å². The fraction of sp³-hybridized carbons (Fsp3) is 0. The Morgan fingerprint density at radius 2 is 1.14 bits per heavy atom. The summed E-state index contributed by atoms with van der Waals surface area (Å²) < 4.78 is 8.88. The maximum Gasteiger partial charge on any atom is 0.466 e. The number of phosphoric acid groups is 1. The van der Waals surface area contributed by atoms with E-state index in [-0.39, 0.29) is 87.6 Å². The van der Waals surface area contributed by atoms with Gasteiger partial charge in [-0.25, -0.2) is 4.57 Å². The summed E-state index contributed by atoms with van der Waals surface area (Å²) in [4.78, 5) is 21.6. The zero-order chi connectivity index (χ0) is 4.50. The fourth-order valence-corrected chi connectivity index (χ4v) is 0. The summed E-state index contributed by atoms with van der Waals surface area (Å²) in [5.74, 6) is 0. The van der Waals surface area contributed by atoms with Crippen LogP contribution in [0.5, 0.6) is 0 Å². The molecule has 7 heteroatoms. The molecule has 1 radical (unpaired) electrons. The Bertz CT molecular complexity index is 57.8. The van der Waals surface area contributed by atoms with Crippen molar-refractivity contribution in [3.8, 4) is 0 Å². The van der Waals surface area contributed by atoms with Crippen LogP contribution < -0.4 is 0 Å². The molecule has 0 aliphatic rings. The average Bonchev–Trinajstić information content (AvgIpc) is 0.722. The van der Waals surface area contributed by atoms with Gasteiger partial charge in [0, 0.05) is 87.6 Å². The second-order valence-electron chi connectivity index (χ2n) is 0.513. The maximum absolute atomic E-state index is 8.88. The molecule has 0 aliphatic carbocycles. The van der Waals surface area contributed by atoms with Gasteiger partial charge in [-0.15, -0.1) is 0 Å². The largest absolute Gasteiger partial charge is 0.466 e. The molecule has 7 heavy (non-hydrogen) atoms. The van der Waals surface area contributed by atoms with Crippen molar-refractivity contribution in [2.75, 3.05) is 0 Å². The Labute approximate surface area is 112 Å². The first-order valence-corrected chi connectivity index (χ1v) is 2.35. The molecule has 3 N–H and O–H groups in total. The summed E-state index contributed by atoms with van der Waals surface area (Å²) in [6.07, 6.45) is 0. The molecule has 0 atom stereocenters. The van der Waals surface area contributed by atoms with Crippen LogP contribution in [0, 0.1) is 87.6 Å². The number of rotatable bonds is 0. The van der Waals surface area contributed by atoms with Gasteiger partial charge in [0.05, 0.1) is 0 Å². The third-order valence-electron chi connectivity index (χ3n) is 0. The summed E-state index contributed by atoms with van der Waals surface area (Å²) in [7, 11) is -4.64. The predicted octanol–water partition coefficient (Wildman–Crippen LogP) is -0.929. The van der Waals surface area contributed by atoms with E-state index in [4.69, 9.17) is 19.2 Å². The molecule has 4 nitrogen and oxygen atoms in total. The summed E-state index contributed by atoms with van der Waals surface area (Å²) in [6.45, 7) is 0. The first kappa shape index (κ1) is 16.5. The van der Waals surface area contributed by atoms with E-state index in [0.29, 0.717) is 0 Å². The van der Waals surface area contributed by atoms with E-state index in [0.717, 1.165) is 0 Å². The zero-order valence-corrected chi connectivity index (χ0v) is 8.24. The molecule has 0 saturated heterocycles. The van der Waals surface area contributed by atoms with E-state index in [9.17, 15) is 0 Å². The minimum absolute atomic E-state index is 0. The Kier molecular flexibility index (Phi) is 16.7. The van der Waals surface area contributed by atoms with E-state index in [1.807, 2.05) is 0 Å². The van der Waals surface area contributed by atoms with Crippen LogP contribution in [0.1, 0.15) is 0 Å². The fourth-order valence-electron chi connectivity index (χ4n) is 0. The molecule has 0 heterocycles. The summed E-state index contributed by atoms with van der Waals surface area (Å²) in [6, 6.07) is 0. The molecule has 0 aromatic carbocycles. The topological polar surface area (TPSA) is 77.8 Å². The normalized spacial score (nSPS) is 8.43. The Morgan fingerprint density at radius 3 is 1.14 bits per heavy atom. The Morgan fingerprint density at radius 1 is 1.14 bits per heavy atom. The van der Waals surface area contributed by atoms with Crippen molar-refractivity contribution in [2.24, 2.45) is 0 Å². The van der Waals surface area contributed by atoms with Crippen molar-refractivity contribution in [2.45, 2.75) is 0 Å². The molecular weight excluding hydrogens is 409 g/mol. The van der Waals surface area contributed by atoms with Gasteiger partial charge in [-0.3, -0.25) is 0 Å². The van der Waals surface area contributed by atoms with E-state index < -0.39 is 7.82 Å². The standard InChI is InChI=1S/Dy.Eu.H3O4P/c;;1-5(2,3)4/h;;(H3,1,2,3,4). The minimum atomic E-state index is -4.64. The van der Waals surface area contributed by atoms with Crippen molar-refractivity contribution < 1.29 is 107 Å². The van der Waals surface area contributed by atoms with Crippen molar-refractivity contribution in [3.05, 3.63) is 0 Å². The third-order valence-corrected chi connectivity index (χ3v) is 0. The van der Waals surface area contributed by atoms with E-state index in [1.165, 1.54) is 0 Å². The van der Waals surface area contributed by atoms with Crippen LogP contribution in [-0.4, -0.2) is 14.7 Å². The van der Waals surface area contributed by atoms with Crippen molar-refractivity contribution in [1.82, 2.24) is 0 Å². The number of hydrogen-bond donors (Lipinski definition) is 3. The second kappa shape index (κ2) is 7.08. The van der Waals surface area contributed by atoms with Gasteiger partial charge in [-0.05, 0) is 0 Å². The molecule has 0 saturated carbocycles. The Hall–Kier alpha value is 2.97. The molecule has 0 rings (SSSR count). The van der Waals surface area contributed by atoms with Crippen molar-refractivity contribution in [3.63, 3.8) is 0 Å². The van der Waals surface area contributed by atoms with Gasteiger partial charge in [-0.1, -0.05) is 0 Å². The van der Waals surface area contributed by atoms with Gasteiger partial charge in [-0.2, -0.15) is 0 Å². The van der Waals surface area contributed by atoms with E-state index in [2.05, 4.69) is 0 Å². The molecular formula is H3DyEuO4P. The van der Waals surface area contributed by atoms with Crippen LogP contribution in [0.2, 0.25) is 0 Å². The summed E-state index contributed by atoms with van der Waals surface area (Å²) in [5.41, 5.74) is 0. The van der Waals surface area contributed by atoms with Gasteiger partial charge in [0.15, 0.2) is 0 Å². The SMILES string of the molecule is O=P(O)(O)O.[Dy].[Eu]. The Balaban J connectivity index is -0.0000000800. The molecule has 0 fully saturated rings. The molecule has 0 aliphatic heterocycles. The number of hydrogen-bond acceptors (Lipinski definition) is 1. The molecule has 0 bridgehead atoms. The monoisotopic (exact) mass is 415 g/mol. The van der Waals surface area contributed by atoms with Gasteiger partial charge >= 0.3 is 7.82 Å². The predicted molar refractivity (Wildman–Crippen MR) is 14.3 cm³/mol. The second-order valence-corrected chi connectivity index (χ2v) is 1.54. The zero-order valence-electron chi connectivity index (χ0n) is 2.89. The molecule has 49 valence electrons. The van der Waals surface area contributed by atoms with Gasteiger partial charge < -0.3 is 14.7 Å². The van der Waals surface area contributed by atoms with Gasteiger partial charge in [0.1, 0.15) is 0 Å². The molecule has 0 unspecified atom stereocenters. The summed E-state index contributed by atoms with van der Waals surface area (Å²) in [5, 5.41) is 0. The molecule has 0 spiro atoms. The van der Waals surface area contributed by atoms with Gasteiger partial charge in [0.2, 0.25) is 0 Å². The van der Waals surface area contributed by atoms with Crippen LogP contribution in [0.25, 0.3) is 0 Å². The molecule has 0 aromatic heterocycles. The molecule has 0 amide bonds. The average molecular weight is 412 g/mol. The first-order chi connectivity index (χ1) is 2.00. The summed E-state index contributed by atoms with van der Waals surface area (Å²) >= 11 is 0. The van der Waals surface area contributed by atoms with E-state index >= 15 is 0 Å². The van der Waals surface area contributed by atoms with Crippen LogP contribution in [0.15, 0.2) is 0 Å². The van der Waals surface area contributed by atoms with Gasteiger partial charge in [0.25, 0.3) is 0 Å². The van der Waals surface area contributed by atoms with Crippen molar-refractivity contribution >= 4 is 7.82 Å². The molecule has 0 aromatic rings. The quantitative estimate of drug-likeness (QED) is 0.450. The van der Waals surface area contributed by atoms with Crippen LogP contribution >= 0.6 is 7.82 Å². The third kappa shape index (κ3) is 49.4. The van der Waals surface area contributed by atoms with E-state index in [1.54, 1.807) is 0 Å². The van der Waals surface area contributed by atoms with Crippen LogP contribution in [0.4, 0.5) is 0 Å². The minimum Gasteiger partial charge on any atom is -0.303 e. The maximum atomic E-state index is 8.88.